The molecule has 0 aromatic heterocycles. The number of nitrogens with zero attached hydrogens (tertiary/aromatic N) is 1. The Morgan fingerprint density at radius 1 is 0.656 bits per heavy atom. The van der Waals surface area contributed by atoms with Crippen molar-refractivity contribution in [1.29, 1.82) is 0 Å². The summed E-state index contributed by atoms with van der Waals surface area (Å²) >= 11 is 0. The van der Waals surface area contributed by atoms with Crippen LogP contribution in [-0.2, 0) is 4.79 Å². The van der Waals surface area contributed by atoms with Crippen LogP contribution in [0.3, 0.4) is 0 Å². The summed E-state index contributed by atoms with van der Waals surface area (Å²) in [5, 5.41) is 11.4. The lowest BCUT2D eigenvalue weighted by molar-refractivity contribution is -0.930. The van der Waals surface area contributed by atoms with Crippen LogP contribution < -0.4 is 5.11 Å². The van der Waals surface area contributed by atoms with Gasteiger partial charge in [0.15, 0.2) is 0 Å². The third kappa shape index (κ3) is 15.9. The highest BCUT2D eigenvalue weighted by atomic mass is 16.4. The van der Waals surface area contributed by atoms with Gasteiger partial charge in [0.2, 0.25) is 0 Å². The first-order valence-corrected chi connectivity index (χ1v) is 13.9. The molecular weight excluding hydrogens is 394 g/mol. The number of hydrogen-bond acceptors (Lipinski definition) is 2. The minimum absolute atomic E-state index is 0.490. The van der Waals surface area contributed by atoms with Crippen LogP contribution >= 0.6 is 0 Å². The molecule has 32 heavy (non-hydrogen) atoms. The van der Waals surface area contributed by atoms with Gasteiger partial charge >= 0.3 is 0 Å². The molecule has 0 saturated carbocycles. The molecule has 3 nitrogen and oxygen atoms in total. The lowest BCUT2D eigenvalue weighted by atomic mass is 9.99. The van der Waals surface area contributed by atoms with Crippen LogP contribution in [0.15, 0.2) is 12.2 Å². The molecule has 0 heterocycles. The van der Waals surface area contributed by atoms with Gasteiger partial charge in [0.1, 0.15) is 11.5 Å². The Balaban J connectivity index is 3.37. The molecule has 0 unspecified atom stereocenters. The van der Waals surface area contributed by atoms with E-state index >= 15 is 0 Å². The molecule has 3 heteroatoms. The number of unbranched alkanes of at least 4 members (excludes halogenated alkanes) is 17. The van der Waals surface area contributed by atoms with Crippen molar-refractivity contribution < 1.29 is 14.4 Å². The summed E-state index contributed by atoms with van der Waals surface area (Å²) in [6.45, 7) is 6.73. The number of rotatable bonds is 23. The molecule has 0 spiro atoms. The Morgan fingerprint density at radius 3 is 1.38 bits per heavy atom. The van der Waals surface area contributed by atoms with E-state index in [-0.39, 0.29) is 0 Å². The summed E-state index contributed by atoms with van der Waals surface area (Å²) in [5.74, 6) is -0.956. The zero-order valence-corrected chi connectivity index (χ0v) is 22.6. The zero-order valence-electron chi connectivity index (χ0n) is 22.6. The van der Waals surface area contributed by atoms with Gasteiger partial charge in [-0.1, -0.05) is 103 Å². The van der Waals surface area contributed by atoms with Gasteiger partial charge in [0, 0.05) is 0 Å². The van der Waals surface area contributed by atoms with E-state index in [9.17, 15) is 9.90 Å². The van der Waals surface area contributed by atoms with E-state index < -0.39 is 11.5 Å². The standard InChI is InChI=1S/C29H57NO2/c1-6-7-8-9-10-11-12-13-14-15-16-17-18-19-20-21-22-23-24-25-26-27-30(4,5)29(2,3)28(31)32/h13-14H,6-12,15-27H2,1-5H3/b14-13-. The van der Waals surface area contributed by atoms with Crippen LogP contribution in [0.4, 0.5) is 0 Å². The monoisotopic (exact) mass is 451 g/mol. The van der Waals surface area contributed by atoms with Crippen molar-refractivity contribution in [2.75, 3.05) is 20.6 Å². The van der Waals surface area contributed by atoms with Crippen molar-refractivity contribution >= 4 is 5.97 Å². The maximum Gasteiger partial charge on any atom is 0.133 e. The first-order chi connectivity index (χ1) is 15.3. The lowest BCUT2D eigenvalue weighted by Gasteiger charge is -2.45. The third-order valence-corrected chi connectivity index (χ3v) is 7.49. The van der Waals surface area contributed by atoms with E-state index in [0.717, 1.165) is 13.0 Å². The fourth-order valence-corrected chi connectivity index (χ4v) is 4.17. The molecule has 190 valence electrons. The molecule has 0 atom stereocenters. The van der Waals surface area contributed by atoms with Crippen molar-refractivity contribution in [3.8, 4) is 0 Å². The Hall–Kier alpha value is -0.830. The maximum atomic E-state index is 11.4. The number of carboxylic acid groups (broad SMARTS) is 1. The van der Waals surface area contributed by atoms with Crippen molar-refractivity contribution in [3.05, 3.63) is 12.2 Å². The summed E-state index contributed by atoms with van der Waals surface area (Å²) in [4.78, 5) is 11.4. The molecule has 0 aliphatic carbocycles. The molecule has 0 aromatic carbocycles. The minimum Gasteiger partial charge on any atom is -0.544 e. The highest BCUT2D eigenvalue weighted by Crippen LogP contribution is 2.21. The average molecular weight is 452 g/mol. The van der Waals surface area contributed by atoms with Crippen LogP contribution in [0, 0.1) is 0 Å². The van der Waals surface area contributed by atoms with Crippen molar-refractivity contribution in [2.24, 2.45) is 0 Å². The molecule has 0 fully saturated rings. The van der Waals surface area contributed by atoms with Crippen LogP contribution in [0.1, 0.15) is 143 Å². The summed E-state index contributed by atoms with van der Waals surface area (Å²) < 4.78 is 0.490. The van der Waals surface area contributed by atoms with Gasteiger partial charge in [-0.15, -0.1) is 0 Å². The Labute approximate surface area is 201 Å². The van der Waals surface area contributed by atoms with Crippen molar-refractivity contribution in [2.45, 2.75) is 148 Å². The first-order valence-electron chi connectivity index (χ1n) is 13.9. The fourth-order valence-electron chi connectivity index (χ4n) is 4.17. The SMILES string of the molecule is CCCCCCCC/C=C\CCCCCCCCCCCCC[N+](C)(C)C(C)(C)C(=O)[O-]. The van der Waals surface area contributed by atoms with Gasteiger partial charge in [-0.05, 0) is 52.4 Å². The fraction of sp³-hybridized carbons (Fsp3) is 0.897. The second-order valence-electron chi connectivity index (χ2n) is 11.0. The Morgan fingerprint density at radius 2 is 1.00 bits per heavy atom. The number of carboxylic acids is 1. The van der Waals surface area contributed by atoms with Crippen LogP contribution in [0.2, 0.25) is 0 Å². The number of carbonyl (C=O) groups excluding carboxylic acids is 1. The predicted octanol–water partition coefficient (Wildman–Crippen LogP) is 7.58. The Bertz CT molecular complexity index is 468. The van der Waals surface area contributed by atoms with E-state index in [1.54, 1.807) is 13.8 Å². The van der Waals surface area contributed by atoms with E-state index in [1.807, 2.05) is 14.1 Å². The van der Waals surface area contributed by atoms with Crippen molar-refractivity contribution in [1.82, 2.24) is 0 Å². The molecule has 0 radical (unpaired) electrons. The Kier molecular flexibility index (Phi) is 19.1. The first kappa shape index (κ1) is 31.2. The summed E-state index contributed by atoms with van der Waals surface area (Å²) in [6, 6.07) is 0. The van der Waals surface area contributed by atoms with Gasteiger partial charge in [-0.25, -0.2) is 0 Å². The molecule has 0 bridgehead atoms. The average Bonchev–Trinajstić information content (AvgIpc) is 2.74. The van der Waals surface area contributed by atoms with E-state index in [0.29, 0.717) is 4.48 Å². The maximum absolute atomic E-state index is 11.4. The predicted molar refractivity (Wildman–Crippen MR) is 139 cm³/mol. The molecule has 0 rings (SSSR count). The summed E-state index contributed by atoms with van der Waals surface area (Å²) in [5.41, 5.74) is -0.830. The number of likely N-dealkylation sites (N-methyl/N-ethyl adjacent to an activating group) is 1. The summed E-state index contributed by atoms with van der Waals surface area (Å²) in [6.07, 6.45) is 30.3. The third-order valence-electron chi connectivity index (χ3n) is 7.49. The normalized spacial score (nSPS) is 12.7. The van der Waals surface area contributed by atoms with Gasteiger partial charge in [-0.3, -0.25) is 0 Å². The molecular formula is C29H57NO2. The quantitative estimate of drug-likeness (QED) is 0.0912. The number of carbonyl (C=O) groups is 1. The molecule has 0 aliphatic heterocycles. The van der Waals surface area contributed by atoms with Gasteiger partial charge < -0.3 is 14.4 Å². The molecule has 0 amide bonds. The van der Waals surface area contributed by atoms with E-state index in [2.05, 4.69) is 19.1 Å². The van der Waals surface area contributed by atoms with E-state index in [1.165, 1.54) is 116 Å². The zero-order chi connectivity index (χ0) is 24.1. The highest BCUT2D eigenvalue weighted by molar-refractivity contribution is 5.73. The highest BCUT2D eigenvalue weighted by Gasteiger charge is 2.37. The van der Waals surface area contributed by atoms with Crippen LogP contribution in [0.25, 0.3) is 0 Å². The van der Waals surface area contributed by atoms with Gasteiger partial charge in [0.25, 0.3) is 0 Å². The number of hydrogen-bond donors (Lipinski definition) is 0. The van der Waals surface area contributed by atoms with Crippen molar-refractivity contribution in [3.63, 3.8) is 0 Å². The summed E-state index contributed by atoms with van der Waals surface area (Å²) in [7, 11) is 4.01. The second kappa shape index (κ2) is 19.6. The molecule has 0 N–H and O–H groups in total. The molecule has 0 aliphatic rings. The van der Waals surface area contributed by atoms with Gasteiger partial charge in [0.05, 0.1) is 20.6 Å². The largest absolute Gasteiger partial charge is 0.544 e. The molecule has 0 aromatic rings. The topological polar surface area (TPSA) is 40.1 Å². The van der Waals surface area contributed by atoms with E-state index in [4.69, 9.17) is 0 Å². The van der Waals surface area contributed by atoms with Crippen LogP contribution in [0.5, 0.6) is 0 Å². The number of quaternary nitrogens is 1. The second-order valence-corrected chi connectivity index (χ2v) is 11.0. The van der Waals surface area contributed by atoms with Crippen LogP contribution in [-0.4, -0.2) is 36.6 Å². The minimum atomic E-state index is -0.956. The molecule has 0 saturated heterocycles. The smallest absolute Gasteiger partial charge is 0.133 e. The van der Waals surface area contributed by atoms with Gasteiger partial charge in [-0.2, -0.15) is 0 Å². The number of aliphatic carboxylic acids is 1. The lowest BCUT2D eigenvalue weighted by Crippen LogP contribution is -2.64. The number of allylic oxidation sites excluding steroid dienone is 2.